The SMILES string of the molecule is CCCCCCCCc1c(CC)nc2ncnn2c1N.CCCOC(=O)c1cc(O)c(O)c(O)c1. The molecule has 0 aliphatic rings. The number of aromatic nitrogens is 4. The van der Waals surface area contributed by atoms with Crippen LogP contribution in [0.2, 0.25) is 0 Å². The predicted molar refractivity (Wildman–Crippen MR) is 134 cm³/mol. The van der Waals surface area contributed by atoms with Gasteiger partial charge in [-0.3, -0.25) is 0 Å². The summed E-state index contributed by atoms with van der Waals surface area (Å²) in [6.45, 7) is 6.47. The second kappa shape index (κ2) is 14.0. The molecule has 0 saturated heterocycles. The minimum Gasteiger partial charge on any atom is -0.504 e. The van der Waals surface area contributed by atoms with Crippen molar-refractivity contribution in [3.63, 3.8) is 0 Å². The largest absolute Gasteiger partial charge is 0.504 e. The van der Waals surface area contributed by atoms with Crippen LogP contribution in [0.25, 0.3) is 5.78 Å². The van der Waals surface area contributed by atoms with Crippen molar-refractivity contribution in [3.8, 4) is 17.2 Å². The highest BCUT2D eigenvalue weighted by Gasteiger charge is 2.14. The fourth-order valence-electron chi connectivity index (χ4n) is 3.59. The first kappa shape index (κ1) is 27.7. The van der Waals surface area contributed by atoms with Gasteiger partial charge in [0.1, 0.15) is 12.1 Å². The molecule has 2 aromatic heterocycles. The number of aryl methyl sites for hydroxylation is 1. The molecule has 3 rings (SSSR count). The number of hydrogen-bond donors (Lipinski definition) is 4. The van der Waals surface area contributed by atoms with E-state index in [0.717, 1.165) is 36.2 Å². The number of phenolic OH excluding ortho intramolecular Hbond substituents is 3. The highest BCUT2D eigenvalue weighted by molar-refractivity contribution is 5.91. The van der Waals surface area contributed by atoms with Crippen molar-refractivity contribution >= 4 is 17.6 Å². The number of ether oxygens (including phenoxy) is 1. The molecule has 192 valence electrons. The standard InChI is InChI=1S/C15H25N5.C10H12O5/c1-3-5-6-7-8-9-10-12-13(4-2)19-15-17-11-18-20(15)14(12)16;1-2-3-15-10(14)6-4-7(11)9(13)8(12)5-6/h11H,3-10,16H2,1-2H3;4-5,11-13H,2-3H2,1H3. The molecule has 5 N–H and O–H groups in total. The van der Waals surface area contributed by atoms with E-state index in [2.05, 4.69) is 28.9 Å². The van der Waals surface area contributed by atoms with Gasteiger partial charge in [-0.1, -0.05) is 52.9 Å². The van der Waals surface area contributed by atoms with Gasteiger partial charge in [-0.15, -0.1) is 0 Å². The molecule has 0 aliphatic heterocycles. The van der Waals surface area contributed by atoms with E-state index in [0.29, 0.717) is 18.0 Å². The number of nitrogens with zero attached hydrogens (tertiary/aromatic N) is 4. The lowest BCUT2D eigenvalue weighted by Gasteiger charge is -2.11. The van der Waals surface area contributed by atoms with Crippen LogP contribution in [0.4, 0.5) is 5.82 Å². The topological polar surface area (TPSA) is 156 Å². The maximum absolute atomic E-state index is 11.3. The Labute approximate surface area is 205 Å². The zero-order valence-corrected chi connectivity index (χ0v) is 20.8. The van der Waals surface area contributed by atoms with Crippen LogP contribution in [0, 0.1) is 0 Å². The highest BCUT2D eigenvalue weighted by Crippen LogP contribution is 2.35. The second-order valence-electron chi connectivity index (χ2n) is 8.26. The first-order chi connectivity index (χ1) is 16.8. The Morgan fingerprint density at radius 3 is 2.29 bits per heavy atom. The number of carbonyl (C=O) groups is 1. The van der Waals surface area contributed by atoms with E-state index in [4.69, 9.17) is 25.8 Å². The lowest BCUT2D eigenvalue weighted by Crippen LogP contribution is -2.10. The van der Waals surface area contributed by atoms with Crippen molar-refractivity contribution < 1.29 is 24.9 Å². The lowest BCUT2D eigenvalue weighted by molar-refractivity contribution is 0.0504. The van der Waals surface area contributed by atoms with Crippen molar-refractivity contribution in [1.82, 2.24) is 19.6 Å². The third kappa shape index (κ3) is 7.73. The minimum absolute atomic E-state index is 0.00347. The molecule has 1 aromatic carbocycles. The quantitative estimate of drug-likeness (QED) is 0.173. The van der Waals surface area contributed by atoms with Gasteiger partial charge < -0.3 is 25.8 Å². The normalized spacial score (nSPS) is 10.7. The third-order valence-electron chi connectivity index (χ3n) is 5.51. The second-order valence-corrected chi connectivity index (χ2v) is 8.26. The third-order valence-corrected chi connectivity index (χ3v) is 5.51. The van der Waals surface area contributed by atoms with Crippen LogP contribution in [0.1, 0.15) is 87.3 Å². The first-order valence-corrected chi connectivity index (χ1v) is 12.2. The van der Waals surface area contributed by atoms with Gasteiger partial charge in [0.05, 0.1) is 17.9 Å². The van der Waals surface area contributed by atoms with Crippen LogP contribution in [-0.4, -0.2) is 47.5 Å². The highest BCUT2D eigenvalue weighted by atomic mass is 16.5. The number of benzene rings is 1. The molecule has 0 saturated carbocycles. The Morgan fingerprint density at radius 2 is 1.66 bits per heavy atom. The van der Waals surface area contributed by atoms with Crippen LogP contribution in [0.15, 0.2) is 18.5 Å². The monoisotopic (exact) mass is 487 g/mol. The molecule has 0 bridgehead atoms. The van der Waals surface area contributed by atoms with Crippen LogP contribution in [0.5, 0.6) is 17.2 Å². The molecule has 0 atom stereocenters. The molecule has 35 heavy (non-hydrogen) atoms. The van der Waals surface area contributed by atoms with E-state index in [-0.39, 0.29) is 12.2 Å². The first-order valence-electron chi connectivity index (χ1n) is 12.2. The Balaban J connectivity index is 0.000000258. The number of nitrogens with two attached hydrogens (primary N) is 1. The van der Waals surface area contributed by atoms with E-state index in [1.54, 1.807) is 4.52 Å². The summed E-state index contributed by atoms with van der Waals surface area (Å²) in [7, 11) is 0. The molecule has 0 fully saturated rings. The Morgan fingerprint density at radius 1 is 1.00 bits per heavy atom. The molecule has 3 aromatic rings. The minimum atomic E-state index is -0.651. The van der Waals surface area contributed by atoms with Crippen molar-refractivity contribution in [1.29, 1.82) is 0 Å². The van der Waals surface area contributed by atoms with Crippen molar-refractivity contribution in [2.45, 2.75) is 78.6 Å². The average molecular weight is 488 g/mol. The zero-order valence-electron chi connectivity index (χ0n) is 20.8. The number of carbonyl (C=O) groups excluding carboxylic acids is 1. The number of rotatable bonds is 11. The van der Waals surface area contributed by atoms with Crippen molar-refractivity contribution in [2.24, 2.45) is 0 Å². The van der Waals surface area contributed by atoms with Crippen molar-refractivity contribution in [2.75, 3.05) is 12.3 Å². The van der Waals surface area contributed by atoms with Gasteiger partial charge in [-0.05, 0) is 37.8 Å². The predicted octanol–water partition coefficient (Wildman–Crippen LogP) is 4.54. The number of nitrogen functional groups attached to an aromatic ring is 1. The summed E-state index contributed by atoms with van der Waals surface area (Å²) in [5.41, 5.74) is 8.44. The van der Waals surface area contributed by atoms with Gasteiger partial charge in [-0.2, -0.15) is 14.6 Å². The Kier molecular flexibility index (Phi) is 11.1. The molecule has 0 spiro atoms. The summed E-state index contributed by atoms with van der Waals surface area (Å²) in [5, 5.41) is 31.5. The summed E-state index contributed by atoms with van der Waals surface area (Å²) >= 11 is 0. The number of anilines is 1. The number of esters is 1. The van der Waals surface area contributed by atoms with Gasteiger partial charge in [0.2, 0.25) is 0 Å². The summed E-state index contributed by atoms with van der Waals surface area (Å²) in [6.07, 6.45) is 11.8. The van der Waals surface area contributed by atoms with Gasteiger partial charge in [0.15, 0.2) is 17.2 Å². The average Bonchev–Trinajstić information content (AvgIpc) is 3.33. The van der Waals surface area contributed by atoms with Gasteiger partial charge >= 0.3 is 5.97 Å². The van der Waals surface area contributed by atoms with Gasteiger partial charge in [-0.25, -0.2) is 9.78 Å². The molecule has 2 heterocycles. The van der Waals surface area contributed by atoms with Crippen LogP contribution in [0.3, 0.4) is 0 Å². The molecular formula is C25H37N5O5. The molecule has 10 nitrogen and oxygen atoms in total. The van der Waals surface area contributed by atoms with E-state index in [9.17, 15) is 4.79 Å². The summed E-state index contributed by atoms with van der Waals surface area (Å²) in [5.74, 6) is -1.11. The maximum Gasteiger partial charge on any atom is 0.338 e. The van der Waals surface area contributed by atoms with E-state index < -0.39 is 23.2 Å². The van der Waals surface area contributed by atoms with Gasteiger partial charge in [0.25, 0.3) is 5.78 Å². The molecule has 0 unspecified atom stereocenters. The summed E-state index contributed by atoms with van der Waals surface area (Å²) < 4.78 is 6.43. The molecule has 0 amide bonds. The molecular weight excluding hydrogens is 450 g/mol. The number of aromatic hydroxyl groups is 3. The smallest absolute Gasteiger partial charge is 0.338 e. The number of unbranched alkanes of at least 4 members (excludes halogenated alkanes) is 5. The number of hydrogen-bond acceptors (Lipinski definition) is 9. The molecule has 0 radical (unpaired) electrons. The van der Waals surface area contributed by atoms with Crippen molar-refractivity contribution in [3.05, 3.63) is 35.3 Å². The van der Waals surface area contributed by atoms with Crippen LogP contribution in [-0.2, 0) is 17.6 Å². The summed E-state index contributed by atoms with van der Waals surface area (Å²) in [6, 6.07) is 2.07. The molecule has 0 aliphatic carbocycles. The maximum atomic E-state index is 11.3. The van der Waals surface area contributed by atoms with E-state index >= 15 is 0 Å². The lowest BCUT2D eigenvalue weighted by atomic mass is 10.0. The Bertz CT molecular complexity index is 1080. The summed E-state index contributed by atoms with van der Waals surface area (Å²) in [4.78, 5) is 20.0. The fraction of sp³-hybridized carbons (Fsp3) is 0.520. The fourth-order valence-corrected chi connectivity index (χ4v) is 3.59. The van der Waals surface area contributed by atoms with E-state index in [1.165, 1.54) is 44.9 Å². The van der Waals surface area contributed by atoms with E-state index in [1.807, 2.05) is 6.92 Å². The van der Waals surface area contributed by atoms with Gasteiger partial charge in [0, 0.05) is 5.56 Å². The molecule has 10 heteroatoms. The van der Waals surface area contributed by atoms with Crippen LogP contribution >= 0.6 is 0 Å². The zero-order chi connectivity index (χ0) is 25.8. The number of fused-ring (bicyclic) bond motifs is 1. The van der Waals surface area contributed by atoms with Crippen LogP contribution < -0.4 is 5.73 Å². The Hall–Kier alpha value is -3.56. The number of phenols is 3.